The first-order valence-electron chi connectivity index (χ1n) is 9.80. The second-order valence-corrected chi connectivity index (χ2v) is 9.11. The van der Waals surface area contributed by atoms with Crippen LogP contribution in [0.5, 0.6) is 0 Å². The molecule has 1 aromatic carbocycles. The van der Waals surface area contributed by atoms with E-state index < -0.39 is 10.0 Å². The minimum Gasteiger partial charge on any atom is -0.351 e. The molecule has 0 unspecified atom stereocenters. The number of nitrogens with one attached hydrogen (secondary N) is 3. The molecule has 3 N–H and O–H groups in total. The summed E-state index contributed by atoms with van der Waals surface area (Å²) in [5, 5.41) is 6.20. The SMILES string of the molecule is Cc1ccc(C(=O)NCCN2CCNCC2)cc1S(=O)(=O)NC1CCCC1.Cl. The fraction of sp³-hybridized carbons (Fsp3) is 0.632. The van der Waals surface area contributed by atoms with Crippen LogP contribution in [-0.4, -0.2) is 64.5 Å². The molecule has 2 fully saturated rings. The van der Waals surface area contributed by atoms with Crippen molar-refractivity contribution in [2.45, 2.75) is 43.5 Å². The molecular weight excluding hydrogens is 400 g/mol. The number of carbonyl (C=O) groups is 1. The first-order valence-corrected chi connectivity index (χ1v) is 11.3. The van der Waals surface area contributed by atoms with Crippen LogP contribution in [0.15, 0.2) is 23.1 Å². The number of benzene rings is 1. The minimum absolute atomic E-state index is 0. The Balaban J connectivity index is 0.00000280. The Kier molecular flexibility index (Phi) is 8.70. The molecule has 1 aromatic rings. The molecule has 7 nitrogen and oxygen atoms in total. The molecule has 3 rings (SSSR count). The molecule has 9 heteroatoms. The third-order valence-electron chi connectivity index (χ3n) is 5.34. The zero-order chi connectivity index (χ0) is 19.3. The van der Waals surface area contributed by atoms with E-state index in [4.69, 9.17) is 0 Å². The number of rotatable bonds is 7. The molecule has 0 radical (unpaired) electrons. The van der Waals surface area contributed by atoms with Gasteiger partial charge in [0.2, 0.25) is 10.0 Å². The molecule has 0 aromatic heterocycles. The normalized spacial score (nSPS) is 18.6. The second-order valence-electron chi connectivity index (χ2n) is 7.43. The maximum atomic E-state index is 12.7. The fourth-order valence-corrected chi connectivity index (χ4v) is 5.30. The van der Waals surface area contributed by atoms with Crippen LogP contribution in [0.1, 0.15) is 41.6 Å². The van der Waals surface area contributed by atoms with E-state index in [1.807, 2.05) is 0 Å². The van der Waals surface area contributed by atoms with Crippen LogP contribution < -0.4 is 15.4 Å². The maximum absolute atomic E-state index is 12.7. The molecule has 28 heavy (non-hydrogen) atoms. The molecule has 1 heterocycles. The quantitative estimate of drug-likeness (QED) is 0.606. The van der Waals surface area contributed by atoms with Gasteiger partial charge in [-0.05, 0) is 37.5 Å². The lowest BCUT2D eigenvalue weighted by atomic mass is 10.1. The molecule has 1 saturated carbocycles. The number of hydrogen-bond donors (Lipinski definition) is 3. The molecular formula is C19H31ClN4O3S. The largest absolute Gasteiger partial charge is 0.351 e. The number of sulfonamides is 1. The van der Waals surface area contributed by atoms with Crippen molar-refractivity contribution in [2.24, 2.45) is 0 Å². The van der Waals surface area contributed by atoms with Crippen molar-refractivity contribution in [3.63, 3.8) is 0 Å². The predicted octanol–water partition coefficient (Wildman–Crippen LogP) is 1.27. The summed E-state index contributed by atoms with van der Waals surface area (Å²) in [4.78, 5) is 15.0. The van der Waals surface area contributed by atoms with Gasteiger partial charge >= 0.3 is 0 Å². The first kappa shape index (κ1) is 23.1. The van der Waals surface area contributed by atoms with Gasteiger partial charge in [0, 0.05) is 50.9 Å². The van der Waals surface area contributed by atoms with Gasteiger partial charge in [-0.15, -0.1) is 12.4 Å². The monoisotopic (exact) mass is 430 g/mol. The van der Waals surface area contributed by atoms with E-state index in [-0.39, 0.29) is 29.3 Å². The molecule has 1 aliphatic carbocycles. The highest BCUT2D eigenvalue weighted by molar-refractivity contribution is 7.89. The molecule has 0 spiro atoms. The lowest BCUT2D eigenvalue weighted by Crippen LogP contribution is -2.46. The van der Waals surface area contributed by atoms with Crippen LogP contribution in [-0.2, 0) is 10.0 Å². The van der Waals surface area contributed by atoms with Crippen molar-refractivity contribution >= 4 is 28.3 Å². The standard InChI is InChI=1S/C19H30N4O3S.ClH/c1-15-6-7-16(19(24)21-10-13-23-11-8-20-9-12-23)14-18(15)27(25,26)22-17-4-2-3-5-17;/h6-7,14,17,20,22H,2-5,8-13H2,1H3,(H,21,24);1H. The minimum atomic E-state index is -3.61. The van der Waals surface area contributed by atoms with E-state index in [0.29, 0.717) is 17.7 Å². The Hall–Kier alpha value is -1.19. The van der Waals surface area contributed by atoms with Gasteiger partial charge in [-0.2, -0.15) is 0 Å². The smallest absolute Gasteiger partial charge is 0.251 e. The number of aryl methyl sites for hydroxylation is 1. The molecule has 158 valence electrons. The van der Waals surface area contributed by atoms with Crippen LogP contribution in [0.3, 0.4) is 0 Å². The molecule has 1 aliphatic heterocycles. The number of hydrogen-bond acceptors (Lipinski definition) is 5. The summed E-state index contributed by atoms with van der Waals surface area (Å²) >= 11 is 0. The fourth-order valence-electron chi connectivity index (χ4n) is 3.72. The summed E-state index contributed by atoms with van der Waals surface area (Å²) in [6.07, 6.45) is 3.87. The van der Waals surface area contributed by atoms with E-state index in [2.05, 4.69) is 20.3 Å². The first-order chi connectivity index (χ1) is 13.0. The number of carbonyl (C=O) groups excluding carboxylic acids is 1. The van der Waals surface area contributed by atoms with E-state index in [1.165, 1.54) is 6.07 Å². The van der Waals surface area contributed by atoms with Crippen LogP contribution >= 0.6 is 12.4 Å². The van der Waals surface area contributed by atoms with Crippen molar-refractivity contribution in [3.8, 4) is 0 Å². The second kappa shape index (κ2) is 10.5. The van der Waals surface area contributed by atoms with E-state index in [9.17, 15) is 13.2 Å². The topological polar surface area (TPSA) is 90.5 Å². The number of piperazine rings is 1. The van der Waals surface area contributed by atoms with Crippen LogP contribution in [0.25, 0.3) is 0 Å². The zero-order valence-corrected chi connectivity index (χ0v) is 18.0. The average molecular weight is 431 g/mol. The molecule has 0 bridgehead atoms. The van der Waals surface area contributed by atoms with Crippen molar-refractivity contribution in [3.05, 3.63) is 29.3 Å². The van der Waals surface area contributed by atoms with Crippen molar-refractivity contribution < 1.29 is 13.2 Å². The highest BCUT2D eigenvalue weighted by atomic mass is 35.5. The Morgan fingerprint density at radius 1 is 1.21 bits per heavy atom. The lowest BCUT2D eigenvalue weighted by molar-refractivity contribution is 0.0947. The van der Waals surface area contributed by atoms with Gasteiger partial charge in [-0.1, -0.05) is 18.9 Å². The summed E-state index contributed by atoms with van der Waals surface area (Å²) in [6, 6.07) is 4.89. The summed E-state index contributed by atoms with van der Waals surface area (Å²) in [7, 11) is -3.61. The third kappa shape index (κ3) is 6.15. The van der Waals surface area contributed by atoms with Gasteiger partial charge in [0.15, 0.2) is 0 Å². The van der Waals surface area contributed by atoms with Gasteiger partial charge in [0.05, 0.1) is 4.90 Å². The van der Waals surface area contributed by atoms with Gasteiger partial charge in [0.25, 0.3) is 5.91 Å². The van der Waals surface area contributed by atoms with Crippen molar-refractivity contribution in [2.75, 3.05) is 39.3 Å². The zero-order valence-electron chi connectivity index (χ0n) is 16.4. The van der Waals surface area contributed by atoms with Crippen LogP contribution in [0.2, 0.25) is 0 Å². The Labute approximate surface area is 174 Å². The molecule has 0 atom stereocenters. The summed E-state index contributed by atoms with van der Waals surface area (Å²) in [5.41, 5.74) is 1.03. The van der Waals surface area contributed by atoms with Crippen molar-refractivity contribution in [1.82, 2.24) is 20.3 Å². The Morgan fingerprint density at radius 3 is 2.57 bits per heavy atom. The molecule has 2 aliphatic rings. The van der Waals surface area contributed by atoms with Gasteiger partial charge < -0.3 is 10.6 Å². The Morgan fingerprint density at radius 2 is 1.89 bits per heavy atom. The molecule has 1 amide bonds. The Bertz CT molecular complexity index is 760. The van der Waals surface area contributed by atoms with Crippen LogP contribution in [0.4, 0.5) is 0 Å². The predicted molar refractivity (Wildman–Crippen MR) is 113 cm³/mol. The van der Waals surface area contributed by atoms with E-state index in [0.717, 1.165) is 58.4 Å². The maximum Gasteiger partial charge on any atom is 0.251 e. The average Bonchev–Trinajstić information content (AvgIpc) is 3.15. The number of amides is 1. The van der Waals surface area contributed by atoms with Gasteiger partial charge in [0.1, 0.15) is 0 Å². The lowest BCUT2D eigenvalue weighted by Gasteiger charge is -2.27. The van der Waals surface area contributed by atoms with Crippen molar-refractivity contribution in [1.29, 1.82) is 0 Å². The number of nitrogens with zero attached hydrogens (tertiary/aromatic N) is 1. The summed E-state index contributed by atoms with van der Waals surface area (Å²) in [5.74, 6) is -0.234. The van der Waals surface area contributed by atoms with Gasteiger partial charge in [-0.25, -0.2) is 13.1 Å². The highest BCUT2D eigenvalue weighted by Gasteiger charge is 2.25. The van der Waals surface area contributed by atoms with E-state index >= 15 is 0 Å². The summed E-state index contributed by atoms with van der Waals surface area (Å²) < 4.78 is 28.3. The third-order valence-corrected chi connectivity index (χ3v) is 7.00. The van der Waals surface area contributed by atoms with Crippen LogP contribution in [0, 0.1) is 6.92 Å². The van der Waals surface area contributed by atoms with Gasteiger partial charge in [-0.3, -0.25) is 9.69 Å². The number of halogens is 1. The molecule has 1 saturated heterocycles. The summed E-state index contributed by atoms with van der Waals surface area (Å²) in [6.45, 7) is 7.02. The highest BCUT2D eigenvalue weighted by Crippen LogP contribution is 2.22. The van der Waals surface area contributed by atoms with E-state index in [1.54, 1.807) is 19.1 Å².